The molecule has 5 saturated heterocycles. The summed E-state index contributed by atoms with van der Waals surface area (Å²) in [5.41, 5.74) is 0. The van der Waals surface area contributed by atoms with Crippen LogP contribution in [-0.4, -0.2) is 316 Å². The molecular weight excluding hydrogens is 1190 g/mol. The van der Waals surface area contributed by atoms with Crippen molar-refractivity contribution in [2.24, 2.45) is 0 Å². The number of aliphatic hydroxyl groups excluding tert-OH is 13. The number of hydrogen-bond acceptors (Lipinski definition) is 32. The summed E-state index contributed by atoms with van der Waals surface area (Å²) in [5.74, 6) is -10.8. The minimum Gasteiger partial charge on any atom is -0.506 e. The normalized spacial score (nSPS) is 41.5. The molecule has 38 heteroatoms. The van der Waals surface area contributed by atoms with Gasteiger partial charge in [0.1, 0.15) is 133 Å². The molecule has 0 aromatic heterocycles. The zero-order valence-corrected chi connectivity index (χ0v) is 46.0. The van der Waals surface area contributed by atoms with Gasteiger partial charge < -0.3 is 159 Å². The number of aliphatic carboxylic acids is 3. The Bertz CT molecular complexity index is 2590. The van der Waals surface area contributed by atoms with Gasteiger partial charge >= 0.3 is 17.9 Å². The van der Waals surface area contributed by atoms with E-state index in [9.17, 15) is 110 Å². The summed E-state index contributed by atoms with van der Waals surface area (Å²) in [6.45, 7) is -0.322. The van der Waals surface area contributed by atoms with E-state index in [0.717, 1.165) is 20.8 Å². The summed E-state index contributed by atoms with van der Waals surface area (Å²) in [7, 11) is 1.41. The van der Waals surface area contributed by atoms with Gasteiger partial charge in [0.25, 0.3) is 0 Å². The maximum absolute atomic E-state index is 13.0. The fraction of sp³-hybridized carbons (Fsp3) is 0.714. The molecular formula is C49H69N3O35. The summed E-state index contributed by atoms with van der Waals surface area (Å²) in [6.07, 6.45) is -54.7. The van der Waals surface area contributed by atoms with Crippen LogP contribution in [0.3, 0.4) is 0 Å². The van der Waals surface area contributed by atoms with E-state index in [4.69, 9.17) is 61.6 Å². The minimum atomic E-state index is -2.54. The minimum absolute atomic E-state index is 0.114. The predicted molar refractivity (Wildman–Crippen MR) is 267 cm³/mol. The van der Waals surface area contributed by atoms with Crippen LogP contribution in [0.4, 0.5) is 0 Å². The molecule has 1 aromatic carbocycles. The van der Waals surface area contributed by atoms with E-state index in [-0.39, 0.29) is 5.75 Å². The number of carboxylic acids is 3. The molecule has 0 spiro atoms. The van der Waals surface area contributed by atoms with Gasteiger partial charge in [0, 0.05) is 20.8 Å². The zero-order valence-electron chi connectivity index (χ0n) is 46.0. The lowest BCUT2D eigenvalue weighted by atomic mass is 9.93. The second-order valence-corrected chi connectivity index (χ2v) is 20.6. The summed E-state index contributed by atoms with van der Waals surface area (Å²) in [6, 6.07) is 0.385. The third kappa shape index (κ3) is 15.1. The van der Waals surface area contributed by atoms with Crippen LogP contribution in [-0.2, 0) is 80.9 Å². The Kier molecular flexibility index (Phi) is 23.0. The molecule has 6 aliphatic rings. The quantitative estimate of drug-likeness (QED) is 0.0513. The lowest BCUT2D eigenvalue weighted by molar-refractivity contribution is -0.375. The zero-order chi connectivity index (χ0) is 64.2. The third-order valence-corrected chi connectivity index (χ3v) is 14.6. The largest absolute Gasteiger partial charge is 0.506 e. The lowest BCUT2D eigenvalue weighted by Gasteiger charge is -2.50. The first-order valence-electron chi connectivity index (χ1n) is 26.5. The molecule has 7 rings (SSSR count). The van der Waals surface area contributed by atoms with Crippen molar-refractivity contribution in [3.05, 3.63) is 35.8 Å². The maximum Gasteiger partial charge on any atom is 0.375 e. The van der Waals surface area contributed by atoms with Crippen LogP contribution < -0.4 is 25.4 Å². The number of carbonyl (C=O) groups excluding carboxylic acids is 3. The molecule has 1 aromatic rings. The first-order chi connectivity index (χ1) is 41.0. The number of amides is 3. The standard InChI is InChI=1S/C49H69N3O35/c1-12(56)50-20-33(23(59)17(9-53)77-44(20)76-16-7-5-15(75-4)6-8-16)81-48-31(67)28(64)36(39(86-48)42(71)72)84-46-22(52-14(3)58)35(25(61)19(11-55)79-46)82-49-32(68)29(65)37(40(87-49)43(73)74)83-45-21(51-13(2)57)34(24(60)18(10-54)78-45)80-47-30(66)26(62)27(63)38(85-47)41(69)70/h5-8,17-26,28-37,39-40,44-49,53-55,59-68H,9-11H2,1-4H3,(H,50,56)(H,51,57)(H,52,58)(H,69,70)(H,71,72)(H,73,74)/t17-,18-,19-,20-,21-,22-,23-,24-,25-,26+,28-,29-,30-,31-,32-,33-,34-,35-,36+,37+,39+,40+,44-,45+,46+,47-,48-,49-/m1/s1. The van der Waals surface area contributed by atoms with Crippen molar-refractivity contribution in [2.75, 3.05) is 26.9 Å². The molecule has 19 N–H and O–H groups in total. The van der Waals surface area contributed by atoms with Gasteiger partial charge in [-0.15, -0.1) is 0 Å². The molecule has 0 radical (unpaired) electrons. The van der Waals surface area contributed by atoms with Gasteiger partial charge in [-0.1, -0.05) is 0 Å². The third-order valence-electron chi connectivity index (χ3n) is 14.6. The van der Waals surface area contributed by atoms with Gasteiger partial charge in [-0.2, -0.15) is 0 Å². The van der Waals surface area contributed by atoms with Crippen LogP contribution in [0, 0.1) is 0 Å². The summed E-state index contributed by atoms with van der Waals surface area (Å²) < 4.78 is 73.5. The van der Waals surface area contributed by atoms with Crippen molar-refractivity contribution >= 4 is 35.6 Å². The van der Waals surface area contributed by atoms with E-state index >= 15 is 0 Å². The molecule has 0 unspecified atom stereocenters. The Balaban J connectivity index is 1.12. The second-order valence-electron chi connectivity index (χ2n) is 20.6. The highest BCUT2D eigenvalue weighted by atomic mass is 16.8. The van der Waals surface area contributed by atoms with Crippen LogP contribution in [0.2, 0.25) is 0 Å². The Morgan fingerprint density at radius 3 is 1.14 bits per heavy atom. The van der Waals surface area contributed by atoms with Gasteiger partial charge in [-0.05, 0) is 24.3 Å². The maximum atomic E-state index is 13.0. The molecule has 0 saturated carbocycles. The average Bonchev–Trinajstić information content (AvgIpc) is 1.71. The highest BCUT2D eigenvalue weighted by Crippen LogP contribution is 2.38. The smallest absolute Gasteiger partial charge is 0.375 e. The number of aliphatic hydroxyl groups is 13. The lowest BCUT2D eigenvalue weighted by Crippen LogP contribution is -2.71. The molecule has 6 heterocycles. The molecule has 490 valence electrons. The van der Waals surface area contributed by atoms with Gasteiger partial charge in [0.2, 0.25) is 36.1 Å². The summed E-state index contributed by atoms with van der Waals surface area (Å²) >= 11 is 0. The molecule has 28 atom stereocenters. The number of benzene rings is 1. The topological polar surface area (TPSA) is 582 Å². The van der Waals surface area contributed by atoms with E-state index < -0.39 is 239 Å². The van der Waals surface area contributed by atoms with E-state index in [1.54, 1.807) is 0 Å². The predicted octanol–water partition coefficient (Wildman–Crippen LogP) is -10.3. The highest BCUT2D eigenvalue weighted by Gasteiger charge is 2.60. The van der Waals surface area contributed by atoms with Crippen LogP contribution in [0.1, 0.15) is 20.8 Å². The Labute approximate surface area is 489 Å². The monoisotopic (exact) mass is 1260 g/mol. The number of methoxy groups -OCH3 is 1. The SMILES string of the molecule is COc1ccc(O[C@@H]2O[C@H](CO)[C@@H](O)[C@H](O[C@@H]3O[C@H](C(=O)O)[C@@H](O[C@@H]4O[C@H](CO)[C@@H](O)[C@H](O[C@@H]5O[C@H](C(=O)O)[C@@H](O[C@@H]6O[C@H](CO)[C@@H](O)[C@H](O[C@@H]7OC(C(=O)O)=C(O)[C@H](O)[C@H]7O)[C@H]6NC(C)=O)[C@H](O)[C@H]5O)[C@H]4NC(C)=O)[C@H](O)[C@H]3O)[C@H]2NC(C)=O)cc1. The molecule has 0 bridgehead atoms. The van der Waals surface area contributed by atoms with Crippen molar-refractivity contribution in [1.29, 1.82) is 0 Å². The van der Waals surface area contributed by atoms with Crippen molar-refractivity contribution in [3.8, 4) is 11.5 Å². The van der Waals surface area contributed by atoms with Gasteiger partial charge in [-0.3, -0.25) is 14.4 Å². The first-order valence-corrected chi connectivity index (χ1v) is 26.5. The van der Waals surface area contributed by atoms with Gasteiger partial charge in [0.05, 0.1) is 26.9 Å². The van der Waals surface area contributed by atoms with Crippen LogP contribution in [0.15, 0.2) is 35.8 Å². The van der Waals surface area contributed by atoms with E-state index in [1.807, 2.05) is 0 Å². The molecule has 6 aliphatic heterocycles. The first kappa shape index (κ1) is 68.6. The molecule has 5 fully saturated rings. The van der Waals surface area contributed by atoms with Crippen molar-refractivity contribution in [3.63, 3.8) is 0 Å². The van der Waals surface area contributed by atoms with E-state index in [2.05, 4.69) is 16.0 Å². The summed E-state index contributed by atoms with van der Waals surface area (Å²) in [5, 5.41) is 180. The number of nitrogens with one attached hydrogen (secondary N) is 3. The van der Waals surface area contributed by atoms with E-state index in [0.29, 0.717) is 5.75 Å². The molecule has 38 nitrogen and oxygen atoms in total. The number of ether oxygens (including phenoxy) is 13. The van der Waals surface area contributed by atoms with Gasteiger partial charge in [0.15, 0.2) is 43.1 Å². The molecule has 0 aliphatic carbocycles. The summed E-state index contributed by atoms with van der Waals surface area (Å²) in [4.78, 5) is 75.8. The van der Waals surface area contributed by atoms with Crippen molar-refractivity contribution in [1.82, 2.24) is 16.0 Å². The Hall–Kier alpha value is -5.90. The fourth-order valence-corrected chi connectivity index (χ4v) is 10.3. The Morgan fingerprint density at radius 2 is 0.793 bits per heavy atom. The van der Waals surface area contributed by atoms with Gasteiger partial charge in [-0.25, -0.2) is 14.4 Å². The van der Waals surface area contributed by atoms with Crippen molar-refractivity contribution in [2.45, 2.75) is 193 Å². The molecule has 3 amide bonds. The number of rotatable bonds is 22. The number of hydrogen-bond donors (Lipinski definition) is 19. The number of carbonyl (C=O) groups is 6. The van der Waals surface area contributed by atoms with Crippen LogP contribution >= 0.6 is 0 Å². The van der Waals surface area contributed by atoms with Crippen LogP contribution in [0.5, 0.6) is 11.5 Å². The van der Waals surface area contributed by atoms with Crippen LogP contribution in [0.25, 0.3) is 0 Å². The second kappa shape index (κ2) is 29.2. The van der Waals surface area contributed by atoms with Crippen molar-refractivity contribution < 1.29 is 172 Å². The number of carboxylic acid groups (broad SMARTS) is 3. The molecule has 87 heavy (non-hydrogen) atoms. The Morgan fingerprint density at radius 1 is 0.448 bits per heavy atom. The highest BCUT2D eigenvalue weighted by molar-refractivity contribution is 5.85. The van der Waals surface area contributed by atoms with E-state index in [1.165, 1.54) is 31.4 Å². The average molecular weight is 1260 g/mol. The fourth-order valence-electron chi connectivity index (χ4n) is 10.3.